The summed E-state index contributed by atoms with van der Waals surface area (Å²) in [4.78, 5) is 4.23. The van der Waals surface area contributed by atoms with Crippen LogP contribution in [0.15, 0.2) is 4.34 Å². The molecule has 0 aliphatic rings. The predicted molar refractivity (Wildman–Crippen MR) is 53.4 cm³/mol. The van der Waals surface area contributed by atoms with Crippen LogP contribution >= 0.6 is 23.3 Å². The highest BCUT2D eigenvalue weighted by Crippen LogP contribution is 2.20. The van der Waals surface area contributed by atoms with Gasteiger partial charge in [0.1, 0.15) is 5.82 Å². The third-order valence-electron chi connectivity index (χ3n) is 1.20. The van der Waals surface area contributed by atoms with Gasteiger partial charge in [0, 0.05) is 12.2 Å². The van der Waals surface area contributed by atoms with Crippen molar-refractivity contribution in [3.05, 3.63) is 5.82 Å². The molecule has 0 N–H and O–H groups in total. The van der Waals surface area contributed by atoms with Crippen LogP contribution in [0.2, 0.25) is 0 Å². The zero-order valence-electron chi connectivity index (χ0n) is 6.91. The number of hydrogen-bond acceptors (Lipinski definition) is 4. The van der Waals surface area contributed by atoms with Crippen molar-refractivity contribution in [1.82, 2.24) is 9.36 Å². The molecule has 0 saturated heterocycles. The molecule has 12 heavy (non-hydrogen) atoms. The summed E-state index contributed by atoms with van der Waals surface area (Å²) in [6.07, 6.45) is 7.03. The van der Waals surface area contributed by atoms with Crippen LogP contribution in [0.4, 0.5) is 0 Å². The topological polar surface area (TPSA) is 25.8 Å². The van der Waals surface area contributed by atoms with Crippen LogP contribution in [0.5, 0.6) is 0 Å². The molecular weight excluding hydrogens is 188 g/mol. The van der Waals surface area contributed by atoms with Crippen molar-refractivity contribution < 1.29 is 0 Å². The van der Waals surface area contributed by atoms with E-state index in [-0.39, 0.29) is 0 Å². The van der Waals surface area contributed by atoms with E-state index in [0.29, 0.717) is 0 Å². The molecule has 0 saturated carbocycles. The van der Waals surface area contributed by atoms with Gasteiger partial charge in [-0.1, -0.05) is 11.8 Å². The normalized spacial score (nSPS) is 9.67. The van der Waals surface area contributed by atoms with E-state index in [9.17, 15) is 0 Å². The number of terminal acetylenes is 1. The minimum absolute atomic E-state index is 0.852. The van der Waals surface area contributed by atoms with Crippen molar-refractivity contribution in [2.75, 3.05) is 5.75 Å². The largest absolute Gasteiger partial charge is 0.213 e. The maximum Gasteiger partial charge on any atom is 0.170 e. The van der Waals surface area contributed by atoms with Gasteiger partial charge in [0.05, 0.1) is 0 Å². The lowest BCUT2D eigenvalue weighted by Gasteiger charge is -1.91. The highest BCUT2D eigenvalue weighted by atomic mass is 32.2. The van der Waals surface area contributed by atoms with Crippen molar-refractivity contribution in [1.29, 1.82) is 0 Å². The number of nitrogens with zero attached hydrogens (tertiary/aromatic N) is 2. The van der Waals surface area contributed by atoms with E-state index < -0.39 is 0 Å². The molecule has 0 spiro atoms. The lowest BCUT2D eigenvalue weighted by atomic mass is 10.4. The molecule has 0 atom stereocenters. The van der Waals surface area contributed by atoms with Gasteiger partial charge in [-0.3, -0.25) is 0 Å². The van der Waals surface area contributed by atoms with E-state index in [1.54, 1.807) is 11.8 Å². The predicted octanol–water partition coefficient (Wildman–Crippen LogP) is 2.35. The summed E-state index contributed by atoms with van der Waals surface area (Å²) in [7, 11) is 0. The molecule has 1 aromatic heterocycles. The first kappa shape index (κ1) is 9.56. The first-order chi connectivity index (χ1) is 5.83. The Morgan fingerprint density at radius 1 is 1.67 bits per heavy atom. The zero-order valence-corrected chi connectivity index (χ0v) is 8.54. The van der Waals surface area contributed by atoms with E-state index in [1.807, 2.05) is 6.92 Å². The molecule has 1 heterocycles. The number of aryl methyl sites for hydroxylation is 1. The molecule has 1 rings (SSSR count). The first-order valence-corrected chi connectivity index (χ1v) is 5.45. The van der Waals surface area contributed by atoms with Crippen molar-refractivity contribution >= 4 is 23.3 Å². The van der Waals surface area contributed by atoms with Crippen LogP contribution in [0.25, 0.3) is 0 Å². The fourth-order valence-corrected chi connectivity index (χ4v) is 2.33. The van der Waals surface area contributed by atoms with E-state index in [0.717, 1.165) is 28.8 Å². The van der Waals surface area contributed by atoms with Crippen LogP contribution in [-0.4, -0.2) is 15.1 Å². The Morgan fingerprint density at radius 3 is 3.08 bits per heavy atom. The highest BCUT2D eigenvalue weighted by molar-refractivity contribution is 8.00. The van der Waals surface area contributed by atoms with Crippen LogP contribution in [0.3, 0.4) is 0 Å². The number of rotatable bonds is 4. The van der Waals surface area contributed by atoms with Gasteiger partial charge in [-0.05, 0) is 24.9 Å². The van der Waals surface area contributed by atoms with Crippen molar-refractivity contribution in [2.24, 2.45) is 0 Å². The quantitative estimate of drug-likeness (QED) is 0.422. The van der Waals surface area contributed by atoms with Gasteiger partial charge >= 0.3 is 0 Å². The Labute approximate surface area is 81.0 Å². The minimum Gasteiger partial charge on any atom is -0.213 e. The molecule has 0 aromatic carbocycles. The van der Waals surface area contributed by atoms with Gasteiger partial charge in [-0.25, -0.2) is 4.98 Å². The molecule has 0 fully saturated rings. The molecular formula is C8H10N2S2. The molecule has 2 nitrogen and oxygen atoms in total. The third-order valence-corrected chi connectivity index (χ3v) is 3.21. The van der Waals surface area contributed by atoms with Gasteiger partial charge in [0.2, 0.25) is 0 Å². The maximum atomic E-state index is 5.13. The van der Waals surface area contributed by atoms with Gasteiger partial charge in [-0.2, -0.15) is 4.37 Å². The minimum atomic E-state index is 0.852. The van der Waals surface area contributed by atoms with Crippen molar-refractivity contribution in [2.45, 2.75) is 24.1 Å². The molecule has 0 amide bonds. The fraction of sp³-hybridized carbons (Fsp3) is 0.500. The molecule has 0 aliphatic carbocycles. The lowest BCUT2D eigenvalue weighted by molar-refractivity contribution is 0.994. The van der Waals surface area contributed by atoms with Gasteiger partial charge in [0.15, 0.2) is 4.34 Å². The van der Waals surface area contributed by atoms with E-state index in [4.69, 9.17) is 6.42 Å². The van der Waals surface area contributed by atoms with Crippen molar-refractivity contribution in [3.63, 3.8) is 0 Å². The smallest absolute Gasteiger partial charge is 0.170 e. The molecule has 0 unspecified atom stereocenters. The molecule has 0 radical (unpaired) electrons. The van der Waals surface area contributed by atoms with E-state index >= 15 is 0 Å². The van der Waals surface area contributed by atoms with Crippen LogP contribution < -0.4 is 0 Å². The Balaban J connectivity index is 2.21. The molecule has 0 bridgehead atoms. The Hall–Kier alpha value is -0.530. The van der Waals surface area contributed by atoms with E-state index in [1.165, 1.54) is 11.5 Å². The maximum absolute atomic E-state index is 5.13. The Kier molecular flexibility index (Phi) is 4.12. The van der Waals surface area contributed by atoms with Gasteiger partial charge in [-0.15, -0.1) is 12.3 Å². The number of hydrogen-bond donors (Lipinski definition) is 0. The van der Waals surface area contributed by atoms with Crippen LogP contribution in [0.1, 0.15) is 18.7 Å². The summed E-state index contributed by atoms with van der Waals surface area (Å²) in [5, 5.41) is 0. The summed E-state index contributed by atoms with van der Waals surface area (Å²) in [6.45, 7) is 1.90. The SMILES string of the molecule is C#CCCCSc1nc(C)ns1. The summed E-state index contributed by atoms with van der Waals surface area (Å²) in [5.74, 6) is 4.51. The van der Waals surface area contributed by atoms with Crippen molar-refractivity contribution in [3.8, 4) is 12.3 Å². The summed E-state index contributed by atoms with van der Waals surface area (Å²) >= 11 is 3.19. The number of unbranched alkanes of at least 4 members (excludes halogenated alkanes) is 1. The Morgan fingerprint density at radius 2 is 2.50 bits per heavy atom. The number of thioether (sulfide) groups is 1. The second kappa shape index (κ2) is 5.18. The second-order valence-corrected chi connectivity index (χ2v) is 4.36. The first-order valence-electron chi connectivity index (χ1n) is 3.69. The second-order valence-electron chi connectivity index (χ2n) is 2.26. The summed E-state index contributed by atoms with van der Waals surface area (Å²) in [6, 6.07) is 0. The summed E-state index contributed by atoms with van der Waals surface area (Å²) < 4.78 is 5.13. The van der Waals surface area contributed by atoms with Crippen LogP contribution in [-0.2, 0) is 0 Å². The standard InChI is InChI=1S/C8H10N2S2/c1-3-4-5-6-11-8-9-7(2)10-12-8/h1H,4-6H2,2H3. The summed E-state index contributed by atoms with van der Waals surface area (Å²) in [5.41, 5.74) is 0. The average molecular weight is 198 g/mol. The van der Waals surface area contributed by atoms with Gasteiger partial charge < -0.3 is 0 Å². The molecule has 0 aliphatic heterocycles. The molecule has 1 aromatic rings. The van der Waals surface area contributed by atoms with Gasteiger partial charge in [0.25, 0.3) is 0 Å². The lowest BCUT2D eigenvalue weighted by Crippen LogP contribution is -1.78. The molecule has 4 heteroatoms. The monoisotopic (exact) mass is 198 g/mol. The highest BCUT2D eigenvalue weighted by Gasteiger charge is 1.99. The Bertz CT molecular complexity index is 275. The molecule has 64 valence electrons. The number of aromatic nitrogens is 2. The third kappa shape index (κ3) is 3.24. The van der Waals surface area contributed by atoms with Crippen LogP contribution in [0, 0.1) is 19.3 Å². The zero-order chi connectivity index (χ0) is 8.81. The fourth-order valence-electron chi connectivity index (χ4n) is 0.670. The average Bonchev–Trinajstić information content (AvgIpc) is 2.45. The van der Waals surface area contributed by atoms with E-state index in [2.05, 4.69) is 15.3 Å².